The molecule has 0 spiro atoms. The van der Waals surface area contributed by atoms with Crippen molar-refractivity contribution in [1.82, 2.24) is 5.32 Å². The van der Waals surface area contributed by atoms with Crippen molar-refractivity contribution in [2.24, 2.45) is 16.8 Å². The Kier molecular flexibility index (Phi) is 5.52. The molecule has 21 heavy (non-hydrogen) atoms. The lowest BCUT2D eigenvalue weighted by Gasteiger charge is -2.28. The molecule has 1 unspecified atom stereocenters. The zero-order valence-corrected chi connectivity index (χ0v) is 12.2. The van der Waals surface area contributed by atoms with Crippen LogP contribution in [0.1, 0.15) is 30.9 Å². The Hall–Kier alpha value is -1.66. The summed E-state index contributed by atoms with van der Waals surface area (Å²) in [4.78, 5) is 0. The summed E-state index contributed by atoms with van der Waals surface area (Å²) in [5.41, 5.74) is 6.66. The highest BCUT2D eigenvalue weighted by molar-refractivity contribution is 5.97. The van der Waals surface area contributed by atoms with Crippen LogP contribution in [0.2, 0.25) is 0 Å². The van der Waals surface area contributed by atoms with Gasteiger partial charge in [0.2, 0.25) is 0 Å². The second kappa shape index (κ2) is 7.38. The van der Waals surface area contributed by atoms with Gasteiger partial charge in [-0.1, -0.05) is 5.16 Å². The molecule has 0 aliphatic carbocycles. The normalized spacial score (nSPS) is 18.7. The van der Waals surface area contributed by atoms with E-state index >= 15 is 0 Å². The highest BCUT2D eigenvalue weighted by Gasteiger charge is 2.20. The Labute approximate surface area is 124 Å². The van der Waals surface area contributed by atoms with Gasteiger partial charge in [-0.25, -0.2) is 4.39 Å². The van der Waals surface area contributed by atoms with E-state index in [0.717, 1.165) is 31.6 Å². The topological polar surface area (TPSA) is 79.9 Å². The number of ether oxygens (including phenoxy) is 1. The maximum absolute atomic E-state index is 13.6. The zero-order chi connectivity index (χ0) is 15.2. The van der Waals surface area contributed by atoms with Crippen LogP contribution in [-0.4, -0.2) is 30.3 Å². The number of rotatable bonds is 5. The average molecular weight is 295 g/mol. The fraction of sp³-hybridized carbons (Fsp3) is 0.533. The Morgan fingerprint density at radius 1 is 1.48 bits per heavy atom. The fourth-order valence-electron chi connectivity index (χ4n) is 2.62. The Morgan fingerprint density at radius 2 is 2.19 bits per heavy atom. The molecule has 1 atom stereocenters. The SMILES string of the molecule is CC(NCc1cc(F)cc(/C(N)=N/O)c1)C1CCOCC1. The van der Waals surface area contributed by atoms with Gasteiger partial charge in [0.25, 0.3) is 0 Å². The largest absolute Gasteiger partial charge is 0.409 e. The molecule has 0 radical (unpaired) electrons. The Bertz CT molecular complexity index is 502. The predicted octanol–water partition coefficient (Wildman–Crippen LogP) is 1.82. The third-order valence-corrected chi connectivity index (χ3v) is 3.96. The van der Waals surface area contributed by atoms with Gasteiger partial charge in [-0.15, -0.1) is 0 Å². The van der Waals surface area contributed by atoms with Crippen molar-refractivity contribution < 1.29 is 14.3 Å². The molecule has 1 heterocycles. The van der Waals surface area contributed by atoms with E-state index in [2.05, 4.69) is 17.4 Å². The first-order valence-electron chi connectivity index (χ1n) is 7.18. The van der Waals surface area contributed by atoms with Crippen molar-refractivity contribution in [2.75, 3.05) is 13.2 Å². The summed E-state index contributed by atoms with van der Waals surface area (Å²) < 4.78 is 18.9. The highest BCUT2D eigenvalue weighted by atomic mass is 19.1. The van der Waals surface area contributed by atoms with Crippen LogP contribution >= 0.6 is 0 Å². The van der Waals surface area contributed by atoms with E-state index in [0.29, 0.717) is 24.1 Å². The van der Waals surface area contributed by atoms with Crippen LogP contribution in [0.3, 0.4) is 0 Å². The quantitative estimate of drug-likeness (QED) is 0.335. The molecule has 2 rings (SSSR count). The van der Waals surface area contributed by atoms with Gasteiger partial charge in [0.05, 0.1) is 0 Å². The molecule has 0 bridgehead atoms. The number of nitrogens with zero attached hydrogens (tertiary/aromatic N) is 1. The summed E-state index contributed by atoms with van der Waals surface area (Å²) in [5, 5.41) is 15.0. The van der Waals surface area contributed by atoms with Crippen LogP contribution in [-0.2, 0) is 11.3 Å². The molecule has 0 aromatic heterocycles. The Morgan fingerprint density at radius 3 is 2.86 bits per heavy atom. The van der Waals surface area contributed by atoms with Gasteiger partial charge in [0, 0.05) is 31.4 Å². The van der Waals surface area contributed by atoms with E-state index in [1.165, 1.54) is 12.1 Å². The van der Waals surface area contributed by atoms with Crippen LogP contribution in [0.25, 0.3) is 0 Å². The molecule has 6 heteroatoms. The molecule has 116 valence electrons. The van der Waals surface area contributed by atoms with E-state index in [4.69, 9.17) is 15.7 Å². The smallest absolute Gasteiger partial charge is 0.170 e. The molecule has 0 amide bonds. The number of halogens is 1. The first-order chi connectivity index (χ1) is 10.1. The van der Waals surface area contributed by atoms with Gasteiger partial charge in [0.15, 0.2) is 5.84 Å². The first-order valence-corrected chi connectivity index (χ1v) is 7.18. The van der Waals surface area contributed by atoms with Gasteiger partial charge in [-0.3, -0.25) is 0 Å². The number of amidine groups is 1. The number of nitrogens with two attached hydrogens (primary N) is 1. The van der Waals surface area contributed by atoms with Crippen molar-refractivity contribution in [3.8, 4) is 0 Å². The molecule has 1 aromatic rings. The molecular formula is C15H22FN3O2. The molecule has 1 aliphatic heterocycles. The van der Waals surface area contributed by atoms with E-state index in [1.54, 1.807) is 6.07 Å². The van der Waals surface area contributed by atoms with E-state index in [9.17, 15) is 4.39 Å². The lowest BCUT2D eigenvalue weighted by Crippen LogP contribution is -2.36. The number of hydrogen-bond donors (Lipinski definition) is 3. The van der Waals surface area contributed by atoms with Crippen molar-refractivity contribution in [1.29, 1.82) is 0 Å². The molecule has 1 aliphatic rings. The summed E-state index contributed by atoms with van der Waals surface area (Å²) in [6.07, 6.45) is 2.10. The molecule has 1 aromatic carbocycles. The minimum absolute atomic E-state index is 0.0896. The summed E-state index contributed by atoms with van der Waals surface area (Å²) >= 11 is 0. The zero-order valence-electron chi connectivity index (χ0n) is 12.2. The third kappa shape index (κ3) is 4.41. The van der Waals surface area contributed by atoms with Crippen LogP contribution in [0.15, 0.2) is 23.4 Å². The lowest BCUT2D eigenvalue weighted by molar-refractivity contribution is 0.0558. The predicted molar refractivity (Wildman–Crippen MR) is 78.8 cm³/mol. The van der Waals surface area contributed by atoms with Gasteiger partial charge in [-0.05, 0) is 49.4 Å². The van der Waals surface area contributed by atoms with E-state index < -0.39 is 5.82 Å². The summed E-state index contributed by atoms with van der Waals surface area (Å²) in [6, 6.07) is 4.77. The summed E-state index contributed by atoms with van der Waals surface area (Å²) in [7, 11) is 0. The number of benzene rings is 1. The van der Waals surface area contributed by atoms with E-state index in [1.807, 2.05) is 0 Å². The van der Waals surface area contributed by atoms with Crippen molar-refractivity contribution in [3.63, 3.8) is 0 Å². The lowest BCUT2D eigenvalue weighted by atomic mass is 9.93. The average Bonchev–Trinajstić information content (AvgIpc) is 2.52. The molecular weight excluding hydrogens is 273 g/mol. The van der Waals surface area contributed by atoms with Crippen molar-refractivity contribution in [2.45, 2.75) is 32.4 Å². The van der Waals surface area contributed by atoms with E-state index in [-0.39, 0.29) is 5.84 Å². The highest BCUT2D eigenvalue weighted by Crippen LogP contribution is 2.19. The second-order valence-corrected chi connectivity index (χ2v) is 5.45. The minimum atomic E-state index is -0.394. The van der Waals surface area contributed by atoms with Crippen LogP contribution in [0.5, 0.6) is 0 Å². The van der Waals surface area contributed by atoms with Crippen LogP contribution < -0.4 is 11.1 Å². The second-order valence-electron chi connectivity index (χ2n) is 5.45. The van der Waals surface area contributed by atoms with Crippen LogP contribution in [0.4, 0.5) is 4.39 Å². The third-order valence-electron chi connectivity index (χ3n) is 3.96. The van der Waals surface area contributed by atoms with Gasteiger partial charge in [-0.2, -0.15) is 0 Å². The maximum atomic E-state index is 13.6. The van der Waals surface area contributed by atoms with Gasteiger partial charge < -0.3 is 21.0 Å². The summed E-state index contributed by atoms with van der Waals surface area (Å²) in [6.45, 7) is 4.30. The van der Waals surface area contributed by atoms with Gasteiger partial charge >= 0.3 is 0 Å². The molecule has 1 fully saturated rings. The van der Waals surface area contributed by atoms with Crippen LogP contribution in [0, 0.1) is 11.7 Å². The molecule has 4 N–H and O–H groups in total. The first kappa shape index (κ1) is 15.7. The standard InChI is InChI=1S/C15H22FN3O2/c1-10(12-2-4-21-5-3-12)18-9-11-6-13(15(17)19-20)8-14(16)7-11/h6-8,10,12,18,20H,2-5,9H2,1H3,(H2,17,19). The number of hydrogen-bond acceptors (Lipinski definition) is 4. The minimum Gasteiger partial charge on any atom is -0.409 e. The Balaban J connectivity index is 1.97. The number of nitrogens with one attached hydrogen (secondary N) is 1. The molecule has 0 saturated carbocycles. The summed E-state index contributed by atoms with van der Waals surface area (Å²) in [5.74, 6) is 0.0960. The maximum Gasteiger partial charge on any atom is 0.170 e. The number of oxime groups is 1. The molecule has 5 nitrogen and oxygen atoms in total. The van der Waals surface area contributed by atoms with Crippen molar-refractivity contribution >= 4 is 5.84 Å². The van der Waals surface area contributed by atoms with Crippen molar-refractivity contribution in [3.05, 3.63) is 35.1 Å². The van der Waals surface area contributed by atoms with Gasteiger partial charge in [0.1, 0.15) is 5.82 Å². The monoisotopic (exact) mass is 295 g/mol. The molecule has 1 saturated heterocycles. The fourth-order valence-corrected chi connectivity index (χ4v) is 2.62.